The predicted molar refractivity (Wildman–Crippen MR) is 180 cm³/mol. The van der Waals surface area contributed by atoms with Gasteiger partial charge in [-0.05, 0) is 6.07 Å². The minimum absolute atomic E-state index is 0.00676. The summed E-state index contributed by atoms with van der Waals surface area (Å²) in [5.74, 6) is 0.672. The first-order valence-corrected chi connectivity index (χ1v) is 19.4. The molecule has 0 spiro atoms. The van der Waals surface area contributed by atoms with E-state index >= 15 is 0 Å². The van der Waals surface area contributed by atoms with Crippen LogP contribution in [0.3, 0.4) is 0 Å². The Hall–Kier alpha value is -0.942. The second kappa shape index (κ2) is 18.1. The van der Waals surface area contributed by atoms with E-state index < -0.39 is 0 Å². The molecule has 5 nitrogen and oxygen atoms in total. The van der Waals surface area contributed by atoms with E-state index in [1.54, 1.807) is 12.1 Å². The zero-order chi connectivity index (χ0) is 30.6. The molecule has 0 aliphatic carbocycles. The molecule has 0 saturated carbocycles. The average Bonchev–Trinajstić information content (AvgIpc) is 2.95. The van der Waals surface area contributed by atoms with Crippen molar-refractivity contribution in [3.63, 3.8) is 0 Å². The molecule has 2 N–H and O–H groups in total. The number of unbranched alkanes of at least 4 members (excludes halogenated alkanes) is 1. The van der Waals surface area contributed by atoms with Crippen molar-refractivity contribution in [3.05, 3.63) is 67.6 Å². The van der Waals surface area contributed by atoms with E-state index in [2.05, 4.69) is 23.6 Å². The molecule has 1 aliphatic rings. The molecule has 1 heterocycles. The number of aryl methyl sites for hydroxylation is 2. The summed E-state index contributed by atoms with van der Waals surface area (Å²) in [6.45, 7) is 6.27. The van der Waals surface area contributed by atoms with E-state index in [1.165, 1.54) is 10.4 Å². The smallest absolute Gasteiger partial charge is 0.0827 e. The maximum absolute atomic E-state index is 13.7. The molecule has 1 aliphatic heterocycles. The molecule has 0 radical (unpaired) electrons. The summed E-state index contributed by atoms with van der Waals surface area (Å²) in [5, 5.41) is 4.46. The molecule has 42 heavy (non-hydrogen) atoms. The van der Waals surface area contributed by atoms with Gasteiger partial charge in [0.15, 0.2) is 0 Å². The standard InChI is InChI=1S/C32H44AsCl4N3O2/c1-22(2)17-26-21-39(31(41)12-8-23-6-10-27(34)29(36)18-23)25(5-3-4-14-33-15-16-38)20-40(26)32(42)13-9-24-7-11-28(35)30(37)19-24/h6-7,10-11,18-19,22,25-26,33H,3-5,8-9,12-17,20-21,38H2,1-2H3. The third-order valence-corrected chi connectivity index (χ3v) is 12.1. The van der Waals surface area contributed by atoms with Crippen molar-refractivity contribution in [1.29, 1.82) is 0 Å². The van der Waals surface area contributed by atoms with Gasteiger partial charge in [0.25, 0.3) is 0 Å². The van der Waals surface area contributed by atoms with Crippen LogP contribution in [-0.2, 0) is 22.4 Å². The Balaban J connectivity index is 1.73. The van der Waals surface area contributed by atoms with Crippen LogP contribution < -0.4 is 5.73 Å². The number of piperazine rings is 1. The first-order valence-electron chi connectivity index (χ1n) is 15.0. The van der Waals surface area contributed by atoms with Crippen LogP contribution in [0.1, 0.15) is 63.5 Å². The molecular formula is C32H44AsCl4N3O2. The van der Waals surface area contributed by atoms with Crippen LogP contribution in [0.25, 0.3) is 0 Å². The van der Waals surface area contributed by atoms with E-state index in [-0.39, 0.29) is 39.7 Å². The van der Waals surface area contributed by atoms with Gasteiger partial charge in [-0.1, -0.05) is 46.4 Å². The number of nitrogens with two attached hydrogens (primary N) is 1. The van der Waals surface area contributed by atoms with Gasteiger partial charge in [-0.2, -0.15) is 0 Å². The second-order valence-electron chi connectivity index (χ2n) is 11.6. The van der Waals surface area contributed by atoms with Crippen LogP contribution in [-0.4, -0.2) is 69.1 Å². The van der Waals surface area contributed by atoms with Crippen molar-refractivity contribution in [2.75, 3.05) is 19.6 Å². The van der Waals surface area contributed by atoms with Gasteiger partial charge in [0.2, 0.25) is 0 Å². The Morgan fingerprint density at radius 3 is 1.83 bits per heavy atom. The first kappa shape index (κ1) is 35.5. The minimum atomic E-state index is -0.00676. The second-order valence-corrected chi connectivity index (χ2v) is 16.3. The normalized spacial score (nSPS) is 17.5. The molecular weight excluding hydrogens is 675 g/mol. The molecule has 0 bridgehead atoms. The summed E-state index contributed by atoms with van der Waals surface area (Å²) in [7, 11) is 0. The van der Waals surface area contributed by atoms with Crippen LogP contribution >= 0.6 is 46.4 Å². The number of halogens is 4. The van der Waals surface area contributed by atoms with Crippen molar-refractivity contribution >= 4 is 74.0 Å². The fourth-order valence-corrected chi connectivity index (χ4v) is 8.23. The van der Waals surface area contributed by atoms with Crippen LogP contribution in [0.2, 0.25) is 30.5 Å². The number of amides is 2. The van der Waals surface area contributed by atoms with Crippen molar-refractivity contribution in [2.45, 2.75) is 87.7 Å². The summed E-state index contributed by atoms with van der Waals surface area (Å²) >= 11 is 24.6. The van der Waals surface area contributed by atoms with Gasteiger partial charge in [-0.3, -0.25) is 0 Å². The number of hydrogen-bond donors (Lipinski definition) is 1. The maximum atomic E-state index is 13.7. The third-order valence-electron chi connectivity index (χ3n) is 7.77. The molecule has 3 unspecified atom stereocenters. The molecule has 232 valence electrons. The van der Waals surface area contributed by atoms with Crippen LogP contribution in [0, 0.1) is 5.92 Å². The van der Waals surface area contributed by atoms with Crippen molar-refractivity contribution < 1.29 is 9.59 Å². The van der Waals surface area contributed by atoms with Crippen molar-refractivity contribution in [2.24, 2.45) is 11.7 Å². The molecule has 3 rings (SSSR count). The fraction of sp³-hybridized carbons (Fsp3) is 0.562. The number of benzene rings is 2. The molecule has 1 saturated heterocycles. The van der Waals surface area contributed by atoms with E-state index in [1.807, 2.05) is 24.3 Å². The van der Waals surface area contributed by atoms with E-state index in [4.69, 9.17) is 52.1 Å². The molecule has 0 aromatic heterocycles. The number of nitrogens with zero attached hydrogens (tertiary/aromatic N) is 2. The SMILES string of the molecule is CC(C)CC1CN(C(=O)CCc2ccc(Cl)c(Cl)c2)C(CCCC[AsH]CCN)CN1C(=O)CCc1ccc(Cl)c(Cl)c1. The number of rotatable bonds is 15. The van der Waals surface area contributed by atoms with Crippen LogP contribution in [0.5, 0.6) is 0 Å². The fourth-order valence-electron chi connectivity index (χ4n) is 5.59. The van der Waals surface area contributed by atoms with E-state index in [9.17, 15) is 9.59 Å². The summed E-state index contributed by atoms with van der Waals surface area (Å²) in [4.78, 5) is 31.5. The minimum Gasteiger partial charge on any atom is -0.0827 e. The van der Waals surface area contributed by atoms with Gasteiger partial charge in [-0.15, -0.1) is 0 Å². The zero-order valence-electron chi connectivity index (χ0n) is 24.7. The number of carbonyl (C=O) groups is 2. The van der Waals surface area contributed by atoms with Gasteiger partial charge >= 0.3 is 212 Å². The summed E-state index contributed by atoms with van der Waals surface area (Å²) < 4.78 is 0. The summed E-state index contributed by atoms with van der Waals surface area (Å²) in [6, 6.07) is 11.1. The first-order chi connectivity index (χ1) is 20.1. The molecule has 2 aromatic carbocycles. The molecule has 1 fully saturated rings. The Bertz CT molecular complexity index is 1180. The Morgan fingerprint density at radius 1 is 0.810 bits per heavy atom. The average molecular weight is 719 g/mol. The van der Waals surface area contributed by atoms with E-state index in [0.29, 0.717) is 64.8 Å². The summed E-state index contributed by atoms with van der Waals surface area (Å²) in [5.41, 5.74) is 7.67. The van der Waals surface area contributed by atoms with Gasteiger partial charge < -0.3 is 0 Å². The Labute approximate surface area is 278 Å². The molecule has 2 aromatic rings. The number of carbonyl (C=O) groups excluding carboxylic acids is 2. The van der Waals surface area contributed by atoms with Crippen LogP contribution in [0.15, 0.2) is 36.4 Å². The van der Waals surface area contributed by atoms with Gasteiger partial charge in [-0.25, -0.2) is 0 Å². The van der Waals surface area contributed by atoms with Crippen molar-refractivity contribution in [1.82, 2.24) is 9.80 Å². The number of hydrogen-bond acceptors (Lipinski definition) is 3. The van der Waals surface area contributed by atoms with Crippen LogP contribution in [0.4, 0.5) is 0 Å². The van der Waals surface area contributed by atoms with Gasteiger partial charge in [0, 0.05) is 0 Å². The Morgan fingerprint density at radius 2 is 1.33 bits per heavy atom. The monoisotopic (exact) mass is 717 g/mol. The Kier molecular flexibility index (Phi) is 15.3. The molecule has 10 heteroatoms. The topological polar surface area (TPSA) is 66.6 Å². The zero-order valence-corrected chi connectivity index (χ0v) is 29.8. The van der Waals surface area contributed by atoms with E-state index in [0.717, 1.165) is 43.4 Å². The van der Waals surface area contributed by atoms with Gasteiger partial charge in [0.1, 0.15) is 0 Å². The van der Waals surface area contributed by atoms with Crippen molar-refractivity contribution in [3.8, 4) is 0 Å². The molecule has 3 atom stereocenters. The van der Waals surface area contributed by atoms with Gasteiger partial charge in [0.05, 0.1) is 15.1 Å². The molecule has 2 amide bonds. The summed E-state index contributed by atoms with van der Waals surface area (Å²) in [6.07, 6.45) is 5.96. The quantitative estimate of drug-likeness (QED) is 0.152. The predicted octanol–water partition coefficient (Wildman–Crippen LogP) is 7.72. The third kappa shape index (κ3) is 11.2.